The van der Waals surface area contributed by atoms with Crippen LogP contribution in [0.5, 0.6) is 0 Å². The van der Waals surface area contributed by atoms with Gasteiger partial charge in [-0.2, -0.15) is 5.26 Å². The quantitative estimate of drug-likeness (QED) is 0.367. The Morgan fingerprint density at radius 2 is 2.12 bits per heavy atom. The molecule has 0 radical (unpaired) electrons. The topological polar surface area (TPSA) is 122 Å². The van der Waals surface area contributed by atoms with Gasteiger partial charge in [-0.25, -0.2) is 0 Å². The molecule has 8 nitrogen and oxygen atoms in total. The molecule has 0 aromatic heterocycles. The molecule has 1 aliphatic rings. The zero-order chi connectivity index (χ0) is 18.1. The van der Waals surface area contributed by atoms with E-state index < -0.39 is 33.2 Å². The number of benzene rings is 1. The van der Waals surface area contributed by atoms with Crippen molar-refractivity contribution in [1.29, 1.82) is 5.26 Å². The lowest BCUT2D eigenvalue weighted by atomic mass is 10.1. The highest BCUT2D eigenvalue weighted by molar-refractivity contribution is 6.53. The first-order valence-electron chi connectivity index (χ1n) is 6.64. The van der Waals surface area contributed by atoms with Gasteiger partial charge in [-0.05, 0) is 13.0 Å². The van der Waals surface area contributed by atoms with Crippen LogP contribution in [0, 0.1) is 26.9 Å². The van der Waals surface area contributed by atoms with E-state index in [1.165, 1.54) is 13.0 Å². The summed E-state index contributed by atoms with van der Waals surface area (Å²) >= 11 is 11.7. The number of nitro groups is 1. The Labute approximate surface area is 146 Å². The first-order valence-corrected chi connectivity index (χ1v) is 7.40. The number of hydrogen-bond acceptors (Lipinski definition) is 6. The number of nitro benzene ring substituents is 1. The largest absolute Gasteiger partial charge is 0.455 e. The van der Waals surface area contributed by atoms with Gasteiger partial charge in [0.1, 0.15) is 15.8 Å². The number of halogens is 2. The molecule has 1 amide bonds. The molecule has 1 atom stereocenters. The van der Waals surface area contributed by atoms with E-state index in [1.54, 1.807) is 6.07 Å². The molecule has 0 bridgehead atoms. The molecule has 0 spiro atoms. The van der Waals surface area contributed by atoms with E-state index in [-0.39, 0.29) is 23.4 Å². The lowest BCUT2D eigenvalue weighted by molar-refractivity contribution is -0.384. The van der Waals surface area contributed by atoms with Crippen LogP contribution in [0.4, 0.5) is 11.4 Å². The lowest BCUT2D eigenvalue weighted by Crippen LogP contribution is -2.27. The molecule has 126 valence electrons. The summed E-state index contributed by atoms with van der Waals surface area (Å²) in [7, 11) is 0. The third-order valence-electron chi connectivity index (χ3n) is 3.65. The van der Waals surface area contributed by atoms with E-state index in [0.717, 1.165) is 12.1 Å². The van der Waals surface area contributed by atoms with Crippen LogP contribution in [-0.4, -0.2) is 27.7 Å². The maximum Gasteiger partial charge on any atom is 0.315 e. The van der Waals surface area contributed by atoms with E-state index in [4.69, 9.17) is 33.2 Å². The molecule has 1 aliphatic carbocycles. The Morgan fingerprint density at radius 3 is 2.62 bits per heavy atom. The third-order valence-corrected chi connectivity index (χ3v) is 4.75. The molecule has 0 unspecified atom stereocenters. The van der Waals surface area contributed by atoms with E-state index >= 15 is 0 Å². The summed E-state index contributed by atoms with van der Waals surface area (Å²) in [6.45, 7) is 0.928. The van der Waals surface area contributed by atoms with Crippen LogP contribution >= 0.6 is 23.2 Å². The van der Waals surface area contributed by atoms with Crippen molar-refractivity contribution in [2.24, 2.45) is 5.41 Å². The number of nitrogens with zero attached hydrogens (tertiary/aromatic N) is 2. The predicted octanol–water partition coefficient (Wildman–Crippen LogP) is 2.53. The fraction of sp³-hybridized carbons (Fsp3) is 0.357. The van der Waals surface area contributed by atoms with Crippen LogP contribution in [0.15, 0.2) is 18.2 Å². The van der Waals surface area contributed by atoms with Gasteiger partial charge in [-0.1, -0.05) is 0 Å². The number of esters is 1. The van der Waals surface area contributed by atoms with Crippen molar-refractivity contribution in [2.75, 3.05) is 11.9 Å². The van der Waals surface area contributed by atoms with Crippen LogP contribution in [-0.2, 0) is 14.3 Å². The van der Waals surface area contributed by atoms with Crippen LogP contribution in [0.25, 0.3) is 0 Å². The molecular formula is C14H11Cl2N3O5. The van der Waals surface area contributed by atoms with Crippen molar-refractivity contribution in [3.05, 3.63) is 33.9 Å². The summed E-state index contributed by atoms with van der Waals surface area (Å²) in [4.78, 5) is 33.7. The molecule has 1 saturated carbocycles. The van der Waals surface area contributed by atoms with E-state index in [9.17, 15) is 19.7 Å². The second kappa shape index (κ2) is 6.26. The number of non-ortho nitro benzene ring substituents is 1. The average Bonchev–Trinajstić information content (AvgIpc) is 3.04. The highest BCUT2D eigenvalue weighted by atomic mass is 35.5. The minimum atomic E-state index is -1.20. The van der Waals surface area contributed by atoms with Gasteiger partial charge in [0.15, 0.2) is 6.61 Å². The lowest BCUT2D eigenvalue weighted by Gasteiger charge is -2.12. The van der Waals surface area contributed by atoms with E-state index in [1.807, 2.05) is 0 Å². The predicted molar refractivity (Wildman–Crippen MR) is 84.6 cm³/mol. The van der Waals surface area contributed by atoms with Crippen LogP contribution in [0.3, 0.4) is 0 Å². The second-order valence-electron chi connectivity index (χ2n) is 5.44. The molecule has 1 N–H and O–H groups in total. The van der Waals surface area contributed by atoms with Gasteiger partial charge < -0.3 is 10.1 Å². The Bertz CT molecular complexity index is 774. The fourth-order valence-electron chi connectivity index (χ4n) is 1.95. The number of hydrogen-bond donors (Lipinski definition) is 1. The Kier molecular flexibility index (Phi) is 4.69. The van der Waals surface area contributed by atoms with Crippen molar-refractivity contribution < 1.29 is 19.2 Å². The fourth-order valence-corrected chi connectivity index (χ4v) is 2.63. The number of alkyl halides is 2. The Hall–Kier alpha value is -2.37. The number of anilines is 1. The zero-order valence-electron chi connectivity index (χ0n) is 12.3. The standard InChI is InChI=1S/C14H11Cl2N3O5/c1-13(7-14(13,15)16)12(21)24-6-11(20)18-10-3-2-9(19(22)23)4-8(10)5-17/h2-4H,6-7H2,1H3,(H,18,20)/t13-/m0/s1. The number of carbonyl (C=O) groups is 2. The molecule has 1 aromatic carbocycles. The van der Waals surface area contributed by atoms with Crippen molar-refractivity contribution in [1.82, 2.24) is 0 Å². The maximum absolute atomic E-state index is 11.8. The molecule has 0 saturated heterocycles. The second-order valence-corrected chi connectivity index (χ2v) is 6.92. The van der Waals surface area contributed by atoms with Crippen LogP contribution in [0.1, 0.15) is 18.9 Å². The van der Waals surface area contributed by atoms with Crippen molar-refractivity contribution in [3.63, 3.8) is 0 Å². The summed E-state index contributed by atoms with van der Waals surface area (Å²) in [6.07, 6.45) is 0.227. The number of nitrogens with one attached hydrogen (secondary N) is 1. The molecule has 1 fully saturated rings. The summed E-state index contributed by atoms with van der Waals surface area (Å²) in [5.74, 6) is -1.40. The third kappa shape index (κ3) is 3.42. The van der Waals surface area contributed by atoms with Gasteiger partial charge in [-0.15, -0.1) is 23.2 Å². The summed E-state index contributed by atoms with van der Waals surface area (Å²) in [5, 5.41) is 22.0. The number of carbonyl (C=O) groups excluding carboxylic acids is 2. The van der Waals surface area contributed by atoms with Crippen LogP contribution in [0.2, 0.25) is 0 Å². The van der Waals surface area contributed by atoms with Gasteiger partial charge >= 0.3 is 5.97 Å². The number of ether oxygens (including phenoxy) is 1. The first kappa shape index (κ1) is 18.0. The van der Waals surface area contributed by atoms with Crippen molar-refractivity contribution in [3.8, 4) is 6.07 Å². The van der Waals surface area contributed by atoms with E-state index in [2.05, 4.69) is 5.32 Å². The highest BCUT2D eigenvalue weighted by Crippen LogP contribution is 2.64. The summed E-state index contributed by atoms with van der Waals surface area (Å²) in [6, 6.07) is 5.14. The highest BCUT2D eigenvalue weighted by Gasteiger charge is 2.69. The minimum absolute atomic E-state index is 0.0748. The first-order chi connectivity index (χ1) is 11.1. The smallest absolute Gasteiger partial charge is 0.315 e. The summed E-state index contributed by atoms with van der Waals surface area (Å²) < 4.78 is 3.66. The zero-order valence-corrected chi connectivity index (χ0v) is 13.8. The Balaban J connectivity index is 1.97. The van der Waals surface area contributed by atoms with Gasteiger partial charge in [-0.3, -0.25) is 19.7 Å². The Morgan fingerprint density at radius 1 is 1.50 bits per heavy atom. The molecule has 0 aliphatic heterocycles. The number of nitriles is 1. The number of rotatable bonds is 5. The van der Waals surface area contributed by atoms with Gasteiger partial charge in [0, 0.05) is 18.6 Å². The van der Waals surface area contributed by atoms with Crippen molar-refractivity contribution in [2.45, 2.75) is 17.7 Å². The molecular weight excluding hydrogens is 361 g/mol. The summed E-state index contributed by atoms with van der Waals surface area (Å²) in [5.41, 5.74) is -1.34. The SMILES string of the molecule is C[C@@]1(C(=O)OCC(=O)Nc2ccc([N+](=O)[O-])cc2C#N)CC1(Cl)Cl. The average molecular weight is 372 g/mol. The van der Waals surface area contributed by atoms with Crippen LogP contribution < -0.4 is 5.32 Å². The molecule has 2 rings (SSSR count). The monoisotopic (exact) mass is 371 g/mol. The maximum atomic E-state index is 11.8. The minimum Gasteiger partial charge on any atom is -0.455 e. The van der Waals surface area contributed by atoms with E-state index in [0.29, 0.717) is 0 Å². The normalized spacial score (nSPS) is 20.6. The van der Waals surface area contributed by atoms with Gasteiger partial charge in [0.25, 0.3) is 11.6 Å². The number of amides is 1. The molecule has 10 heteroatoms. The van der Waals surface area contributed by atoms with Gasteiger partial charge in [0.05, 0.1) is 16.2 Å². The molecule has 1 aromatic rings. The molecule has 0 heterocycles. The van der Waals surface area contributed by atoms with Crippen molar-refractivity contribution >= 4 is 46.5 Å². The molecule has 24 heavy (non-hydrogen) atoms. The van der Waals surface area contributed by atoms with Gasteiger partial charge in [0.2, 0.25) is 0 Å².